The van der Waals surface area contributed by atoms with Crippen LogP contribution in [0.4, 0.5) is 0 Å². The number of rotatable bonds is 2. The maximum atomic E-state index is 11.4. The van der Waals surface area contributed by atoms with Gasteiger partial charge in [0.25, 0.3) is 0 Å². The molecule has 1 unspecified atom stereocenters. The third-order valence-electron chi connectivity index (χ3n) is 3.62. The van der Waals surface area contributed by atoms with Crippen LogP contribution in [0.2, 0.25) is 0 Å². The van der Waals surface area contributed by atoms with Gasteiger partial charge in [-0.05, 0) is 31.6 Å². The van der Waals surface area contributed by atoms with E-state index in [1.54, 1.807) is 0 Å². The van der Waals surface area contributed by atoms with Gasteiger partial charge in [-0.25, -0.2) is 14.8 Å². The summed E-state index contributed by atoms with van der Waals surface area (Å²) in [7, 11) is 0. The third-order valence-corrected chi connectivity index (χ3v) is 5.00. The molecule has 6 heteroatoms. The van der Waals surface area contributed by atoms with E-state index in [1.165, 1.54) is 12.8 Å². The highest BCUT2D eigenvalue weighted by molar-refractivity contribution is 7.99. The first-order chi connectivity index (χ1) is 9.25. The number of hydrogen-bond donors (Lipinski definition) is 2. The second kappa shape index (κ2) is 5.46. The second-order valence-corrected chi connectivity index (χ2v) is 6.25. The minimum Gasteiger partial charge on any atom is -0.477 e. The Morgan fingerprint density at radius 3 is 3.00 bits per heavy atom. The molecule has 1 aromatic heterocycles. The second-order valence-electron chi connectivity index (χ2n) is 4.94. The van der Waals surface area contributed by atoms with E-state index in [9.17, 15) is 9.90 Å². The first kappa shape index (κ1) is 12.9. The smallest absolute Gasteiger partial charge is 0.354 e. The highest BCUT2D eigenvalue weighted by atomic mass is 32.2. The van der Waals surface area contributed by atoms with E-state index in [0.29, 0.717) is 18.8 Å². The van der Waals surface area contributed by atoms with Crippen molar-refractivity contribution in [1.29, 1.82) is 0 Å². The van der Waals surface area contributed by atoms with Gasteiger partial charge in [0, 0.05) is 12.1 Å². The van der Waals surface area contributed by atoms with E-state index in [1.807, 2.05) is 11.8 Å². The van der Waals surface area contributed by atoms with Crippen LogP contribution in [-0.4, -0.2) is 33.3 Å². The van der Waals surface area contributed by atoms with Crippen LogP contribution >= 0.6 is 11.8 Å². The summed E-state index contributed by atoms with van der Waals surface area (Å²) >= 11 is 1.85. The van der Waals surface area contributed by atoms with Gasteiger partial charge in [-0.15, -0.1) is 0 Å². The minimum atomic E-state index is -0.928. The predicted octanol–water partition coefficient (Wildman–Crippen LogP) is 1.78. The quantitative estimate of drug-likeness (QED) is 0.859. The van der Waals surface area contributed by atoms with Gasteiger partial charge in [-0.3, -0.25) is 0 Å². The van der Waals surface area contributed by atoms with Crippen molar-refractivity contribution < 1.29 is 9.90 Å². The van der Waals surface area contributed by atoms with E-state index in [0.717, 1.165) is 30.0 Å². The first-order valence-corrected chi connectivity index (χ1v) is 7.76. The summed E-state index contributed by atoms with van der Waals surface area (Å²) < 4.78 is 0. The molecule has 102 valence electrons. The first-order valence-electron chi connectivity index (χ1n) is 6.71. The van der Waals surface area contributed by atoms with Crippen molar-refractivity contribution >= 4 is 17.7 Å². The number of thioether (sulfide) groups is 1. The molecule has 0 saturated carbocycles. The Balaban J connectivity index is 2.00. The maximum absolute atomic E-state index is 11.4. The van der Waals surface area contributed by atoms with Crippen LogP contribution in [0.15, 0.2) is 0 Å². The molecule has 2 aliphatic heterocycles. The van der Waals surface area contributed by atoms with Crippen LogP contribution in [-0.2, 0) is 13.0 Å². The Hall–Kier alpha value is -1.14. The zero-order valence-corrected chi connectivity index (χ0v) is 11.5. The molecule has 5 nitrogen and oxygen atoms in total. The average molecular weight is 279 g/mol. The van der Waals surface area contributed by atoms with Crippen LogP contribution in [0, 0.1) is 0 Å². The number of hydrogen-bond acceptors (Lipinski definition) is 5. The van der Waals surface area contributed by atoms with Gasteiger partial charge in [0.2, 0.25) is 0 Å². The van der Waals surface area contributed by atoms with Crippen molar-refractivity contribution in [3.8, 4) is 0 Å². The maximum Gasteiger partial charge on any atom is 0.354 e. The predicted molar refractivity (Wildman–Crippen MR) is 73.5 cm³/mol. The molecule has 2 aliphatic rings. The number of carboxylic acids is 1. The number of aromatic nitrogens is 2. The minimum absolute atomic E-state index is 0.215. The summed E-state index contributed by atoms with van der Waals surface area (Å²) in [5.74, 6) is 0.901. The van der Waals surface area contributed by atoms with E-state index in [4.69, 9.17) is 0 Å². The fourth-order valence-electron chi connectivity index (χ4n) is 2.64. The number of nitrogens with zero attached hydrogens (tertiary/aromatic N) is 2. The van der Waals surface area contributed by atoms with Crippen molar-refractivity contribution in [2.24, 2.45) is 0 Å². The molecule has 0 spiro atoms. The average Bonchev–Trinajstić information content (AvgIpc) is 2.47. The Morgan fingerprint density at radius 1 is 1.37 bits per heavy atom. The molecule has 3 heterocycles. The summed E-state index contributed by atoms with van der Waals surface area (Å²) in [5.41, 5.74) is 1.91. The van der Waals surface area contributed by atoms with Crippen molar-refractivity contribution in [2.75, 3.05) is 12.3 Å². The van der Waals surface area contributed by atoms with Gasteiger partial charge < -0.3 is 10.4 Å². The Kier molecular flexibility index (Phi) is 3.70. The molecule has 3 rings (SSSR count). The van der Waals surface area contributed by atoms with E-state index in [2.05, 4.69) is 15.3 Å². The molecular weight excluding hydrogens is 262 g/mol. The molecule has 1 fully saturated rings. The lowest BCUT2D eigenvalue weighted by Crippen LogP contribution is -2.28. The largest absolute Gasteiger partial charge is 0.477 e. The van der Waals surface area contributed by atoms with Gasteiger partial charge >= 0.3 is 5.97 Å². The van der Waals surface area contributed by atoms with Gasteiger partial charge in [0.05, 0.1) is 10.9 Å². The van der Waals surface area contributed by atoms with Gasteiger partial charge in [-0.1, -0.05) is 6.42 Å². The van der Waals surface area contributed by atoms with Crippen molar-refractivity contribution in [2.45, 2.75) is 37.5 Å². The van der Waals surface area contributed by atoms with Gasteiger partial charge in [-0.2, -0.15) is 11.8 Å². The summed E-state index contributed by atoms with van der Waals surface area (Å²) in [5, 5.41) is 12.9. The molecule has 2 N–H and O–H groups in total. The van der Waals surface area contributed by atoms with Crippen LogP contribution in [0.1, 0.15) is 52.1 Å². The monoisotopic (exact) mass is 279 g/mol. The SMILES string of the molecule is O=C(O)c1nc(C2CCCCS2)nc2c1CCNC2. The normalized spacial score (nSPS) is 22.8. The van der Waals surface area contributed by atoms with Gasteiger partial charge in [0.15, 0.2) is 5.69 Å². The molecule has 1 aromatic rings. The summed E-state index contributed by atoms with van der Waals surface area (Å²) in [6, 6.07) is 0. The highest BCUT2D eigenvalue weighted by Crippen LogP contribution is 2.37. The van der Waals surface area contributed by atoms with Crippen LogP contribution in [0.3, 0.4) is 0 Å². The van der Waals surface area contributed by atoms with Crippen molar-refractivity contribution in [1.82, 2.24) is 15.3 Å². The molecule has 19 heavy (non-hydrogen) atoms. The lowest BCUT2D eigenvalue weighted by molar-refractivity contribution is 0.0688. The van der Waals surface area contributed by atoms with Crippen LogP contribution < -0.4 is 5.32 Å². The summed E-state index contributed by atoms with van der Waals surface area (Å²) in [6.07, 6.45) is 4.17. The zero-order valence-electron chi connectivity index (χ0n) is 10.7. The Labute approximate surface area is 116 Å². The zero-order chi connectivity index (χ0) is 13.2. The van der Waals surface area contributed by atoms with Crippen LogP contribution in [0.25, 0.3) is 0 Å². The number of nitrogens with one attached hydrogen (secondary N) is 1. The highest BCUT2D eigenvalue weighted by Gasteiger charge is 2.25. The third kappa shape index (κ3) is 2.60. The van der Waals surface area contributed by atoms with E-state index < -0.39 is 5.97 Å². The molecule has 0 radical (unpaired) electrons. The summed E-state index contributed by atoms with van der Waals surface area (Å²) in [6.45, 7) is 1.46. The molecule has 1 atom stereocenters. The Morgan fingerprint density at radius 2 is 2.26 bits per heavy atom. The molecule has 0 amide bonds. The number of aromatic carboxylic acids is 1. The number of fused-ring (bicyclic) bond motifs is 1. The lowest BCUT2D eigenvalue weighted by atomic mass is 10.0. The van der Waals surface area contributed by atoms with Crippen molar-refractivity contribution in [3.63, 3.8) is 0 Å². The topological polar surface area (TPSA) is 75.1 Å². The fraction of sp³-hybridized carbons (Fsp3) is 0.615. The van der Waals surface area contributed by atoms with E-state index >= 15 is 0 Å². The molecule has 0 aromatic carbocycles. The van der Waals surface area contributed by atoms with Crippen molar-refractivity contribution in [3.05, 3.63) is 22.8 Å². The van der Waals surface area contributed by atoms with E-state index in [-0.39, 0.29) is 10.9 Å². The van der Waals surface area contributed by atoms with Crippen LogP contribution in [0.5, 0.6) is 0 Å². The number of carboxylic acid groups (broad SMARTS) is 1. The fourth-order valence-corrected chi connectivity index (χ4v) is 3.89. The lowest BCUT2D eigenvalue weighted by Gasteiger charge is -2.23. The molecule has 0 bridgehead atoms. The molecule has 1 saturated heterocycles. The number of carbonyl (C=O) groups is 1. The molecule has 0 aliphatic carbocycles. The molecular formula is C13H17N3O2S. The van der Waals surface area contributed by atoms with Gasteiger partial charge in [0.1, 0.15) is 5.82 Å². The summed E-state index contributed by atoms with van der Waals surface area (Å²) in [4.78, 5) is 20.4. The Bertz CT molecular complexity index is 501. The standard InChI is InChI=1S/C13H17N3O2S/c17-13(18)11-8-4-5-14-7-9(8)15-12(16-11)10-3-1-2-6-19-10/h10,14H,1-7H2,(H,17,18).